The first-order valence-corrected chi connectivity index (χ1v) is 9.64. The summed E-state index contributed by atoms with van der Waals surface area (Å²) in [7, 11) is 1.85. The van der Waals surface area contributed by atoms with Gasteiger partial charge in [-0.25, -0.2) is 0 Å². The summed E-state index contributed by atoms with van der Waals surface area (Å²) < 4.78 is 11.5. The summed E-state index contributed by atoms with van der Waals surface area (Å²) in [5.41, 5.74) is 1.52. The number of ether oxygens (including phenoxy) is 2. The number of hydrogen-bond donors (Lipinski definition) is 2. The highest BCUT2D eigenvalue weighted by molar-refractivity contribution is 14.0. The fraction of sp³-hybridized carbons (Fsp3) is 0.650. The average molecular weight is 471 g/mol. The number of fused-ring (bicyclic) bond motifs is 1. The molecule has 2 fully saturated rings. The molecule has 2 saturated carbocycles. The van der Waals surface area contributed by atoms with Gasteiger partial charge in [-0.1, -0.05) is 18.9 Å². The van der Waals surface area contributed by atoms with E-state index in [4.69, 9.17) is 9.47 Å². The van der Waals surface area contributed by atoms with Gasteiger partial charge in [0.25, 0.3) is 0 Å². The van der Waals surface area contributed by atoms with Crippen molar-refractivity contribution in [3.63, 3.8) is 0 Å². The zero-order chi connectivity index (χ0) is 17.1. The molecule has 2 N–H and O–H groups in total. The third kappa shape index (κ3) is 4.38. The maximum atomic E-state index is 5.81. The van der Waals surface area contributed by atoms with E-state index in [9.17, 15) is 0 Å². The molecule has 1 heterocycles. The quantitative estimate of drug-likeness (QED) is 0.393. The lowest BCUT2D eigenvalue weighted by atomic mass is 9.78. The van der Waals surface area contributed by atoms with Crippen LogP contribution in [0.2, 0.25) is 0 Å². The molecule has 0 saturated heterocycles. The van der Waals surface area contributed by atoms with Gasteiger partial charge in [0.05, 0.1) is 0 Å². The number of benzene rings is 1. The minimum atomic E-state index is 0. The summed E-state index contributed by atoms with van der Waals surface area (Å²) in [6.45, 7) is 3.23. The molecule has 5 nitrogen and oxygen atoms in total. The number of nitrogens with zero attached hydrogens (tertiary/aromatic N) is 1. The third-order valence-corrected chi connectivity index (χ3v) is 5.79. The molecule has 1 aromatic carbocycles. The van der Waals surface area contributed by atoms with Gasteiger partial charge in [-0.3, -0.25) is 4.99 Å². The number of nitrogens with one attached hydrogen (secondary N) is 2. The molecule has 3 aliphatic rings. The van der Waals surface area contributed by atoms with Crippen LogP contribution in [0.5, 0.6) is 11.5 Å². The fourth-order valence-electron chi connectivity index (χ4n) is 4.03. The summed E-state index contributed by atoms with van der Waals surface area (Å²) >= 11 is 0. The van der Waals surface area contributed by atoms with Gasteiger partial charge in [0.1, 0.15) is 13.2 Å². The van der Waals surface area contributed by atoms with Crippen molar-refractivity contribution in [3.05, 3.63) is 23.8 Å². The summed E-state index contributed by atoms with van der Waals surface area (Å²) in [4.78, 5) is 4.39. The van der Waals surface area contributed by atoms with Crippen molar-refractivity contribution < 1.29 is 9.47 Å². The average Bonchev–Trinajstić information content (AvgIpc) is 3.37. The molecule has 0 spiro atoms. The molecule has 0 aromatic heterocycles. The number of aliphatic imine (C=N–C) groups is 1. The van der Waals surface area contributed by atoms with E-state index in [-0.39, 0.29) is 29.4 Å². The molecule has 0 unspecified atom stereocenters. The topological polar surface area (TPSA) is 54.9 Å². The van der Waals surface area contributed by atoms with E-state index in [1.165, 1.54) is 44.1 Å². The van der Waals surface area contributed by atoms with Crippen LogP contribution >= 0.6 is 24.0 Å². The SMILES string of the molecule is CN=C(NCC1CC1)NCC1(c2ccc3c(c2)OCCO3)CCCC1.I. The normalized spacial score (nSPS) is 21.0. The Labute approximate surface area is 173 Å². The Balaban J connectivity index is 0.00000196. The Morgan fingerprint density at radius 2 is 1.85 bits per heavy atom. The van der Waals surface area contributed by atoms with Crippen molar-refractivity contribution in [1.29, 1.82) is 0 Å². The maximum Gasteiger partial charge on any atom is 0.191 e. The lowest BCUT2D eigenvalue weighted by Crippen LogP contribution is -2.45. The molecule has 0 atom stereocenters. The van der Waals surface area contributed by atoms with E-state index in [1.807, 2.05) is 7.05 Å². The highest BCUT2D eigenvalue weighted by Gasteiger charge is 2.36. The van der Waals surface area contributed by atoms with Crippen LogP contribution in [0.3, 0.4) is 0 Å². The molecule has 6 heteroatoms. The van der Waals surface area contributed by atoms with Crippen LogP contribution in [0.25, 0.3) is 0 Å². The van der Waals surface area contributed by atoms with Crippen molar-refractivity contribution in [2.24, 2.45) is 10.9 Å². The van der Waals surface area contributed by atoms with Gasteiger partial charge in [0.2, 0.25) is 0 Å². The smallest absolute Gasteiger partial charge is 0.191 e. The molecule has 2 aliphatic carbocycles. The minimum absolute atomic E-state index is 0. The van der Waals surface area contributed by atoms with E-state index < -0.39 is 0 Å². The van der Waals surface area contributed by atoms with Crippen molar-refractivity contribution in [2.45, 2.75) is 43.9 Å². The van der Waals surface area contributed by atoms with Gasteiger partial charge >= 0.3 is 0 Å². The van der Waals surface area contributed by atoms with Gasteiger partial charge in [-0.05, 0) is 49.3 Å². The van der Waals surface area contributed by atoms with Crippen LogP contribution in [0.1, 0.15) is 44.1 Å². The number of rotatable bonds is 5. The van der Waals surface area contributed by atoms with E-state index in [1.54, 1.807) is 0 Å². The number of guanidine groups is 1. The molecule has 1 aromatic rings. The first kappa shape index (κ1) is 19.6. The standard InChI is InChI=1S/C20H29N3O2.HI/c1-21-19(22-13-15-4-5-15)23-14-20(8-2-3-9-20)16-6-7-17-18(12-16)25-11-10-24-17;/h6-7,12,15H,2-5,8-11,13-14H2,1H3,(H2,21,22,23);1H. The van der Waals surface area contributed by atoms with Crippen LogP contribution in [-0.4, -0.2) is 39.3 Å². The van der Waals surface area contributed by atoms with E-state index in [0.717, 1.165) is 36.5 Å². The second-order valence-corrected chi connectivity index (χ2v) is 7.60. The molecule has 144 valence electrons. The summed E-state index contributed by atoms with van der Waals surface area (Å²) in [5.74, 6) is 3.54. The molecule has 0 radical (unpaired) electrons. The van der Waals surface area contributed by atoms with Gasteiger partial charge < -0.3 is 20.1 Å². The lowest BCUT2D eigenvalue weighted by molar-refractivity contribution is 0.171. The molecular formula is C20H30IN3O2. The zero-order valence-electron chi connectivity index (χ0n) is 15.6. The summed E-state index contributed by atoms with van der Waals surface area (Å²) in [5, 5.41) is 7.05. The van der Waals surface area contributed by atoms with Crippen LogP contribution in [0.15, 0.2) is 23.2 Å². The monoisotopic (exact) mass is 471 g/mol. The second-order valence-electron chi connectivity index (χ2n) is 7.60. The molecule has 0 bridgehead atoms. The van der Waals surface area contributed by atoms with Gasteiger partial charge in [0, 0.05) is 25.6 Å². The van der Waals surface area contributed by atoms with E-state index >= 15 is 0 Å². The maximum absolute atomic E-state index is 5.81. The highest BCUT2D eigenvalue weighted by atomic mass is 127. The Morgan fingerprint density at radius 3 is 2.54 bits per heavy atom. The summed E-state index contributed by atoms with van der Waals surface area (Å²) in [6, 6.07) is 6.49. The second kappa shape index (κ2) is 8.67. The van der Waals surface area contributed by atoms with Gasteiger partial charge in [0.15, 0.2) is 17.5 Å². The van der Waals surface area contributed by atoms with Gasteiger partial charge in [-0.15, -0.1) is 24.0 Å². The van der Waals surface area contributed by atoms with Crippen molar-refractivity contribution in [2.75, 3.05) is 33.4 Å². The van der Waals surface area contributed by atoms with E-state index in [0.29, 0.717) is 13.2 Å². The third-order valence-electron chi connectivity index (χ3n) is 5.79. The molecule has 4 rings (SSSR count). The van der Waals surface area contributed by atoms with Crippen molar-refractivity contribution >= 4 is 29.9 Å². The molecule has 26 heavy (non-hydrogen) atoms. The Hall–Kier alpha value is -1.18. The molecule has 0 amide bonds. The van der Waals surface area contributed by atoms with Crippen LogP contribution < -0.4 is 20.1 Å². The number of hydrogen-bond acceptors (Lipinski definition) is 3. The minimum Gasteiger partial charge on any atom is -0.486 e. The largest absolute Gasteiger partial charge is 0.486 e. The van der Waals surface area contributed by atoms with Crippen LogP contribution in [0.4, 0.5) is 0 Å². The van der Waals surface area contributed by atoms with Crippen LogP contribution in [-0.2, 0) is 5.41 Å². The van der Waals surface area contributed by atoms with Crippen molar-refractivity contribution in [1.82, 2.24) is 10.6 Å². The number of halogens is 1. The first-order valence-electron chi connectivity index (χ1n) is 9.64. The predicted molar refractivity (Wildman–Crippen MR) is 115 cm³/mol. The predicted octanol–water partition coefficient (Wildman–Crippen LogP) is 3.46. The van der Waals surface area contributed by atoms with Gasteiger partial charge in [-0.2, -0.15) is 0 Å². The summed E-state index contributed by atoms with van der Waals surface area (Å²) in [6.07, 6.45) is 7.68. The van der Waals surface area contributed by atoms with E-state index in [2.05, 4.69) is 33.8 Å². The Morgan fingerprint density at radius 1 is 1.12 bits per heavy atom. The van der Waals surface area contributed by atoms with Crippen LogP contribution in [0, 0.1) is 5.92 Å². The van der Waals surface area contributed by atoms with Crippen molar-refractivity contribution in [3.8, 4) is 11.5 Å². The Bertz CT molecular complexity index is 640. The Kier molecular flexibility index (Phi) is 6.53. The fourth-order valence-corrected chi connectivity index (χ4v) is 4.03. The lowest BCUT2D eigenvalue weighted by Gasteiger charge is -2.32. The zero-order valence-corrected chi connectivity index (χ0v) is 17.9. The first-order chi connectivity index (χ1) is 12.3. The highest BCUT2D eigenvalue weighted by Crippen LogP contribution is 2.43. The molecule has 1 aliphatic heterocycles. The molecular weight excluding hydrogens is 441 g/mol.